The Labute approximate surface area is 68.3 Å². The zero-order chi connectivity index (χ0) is 8.85. The molecule has 0 aliphatic carbocycles. The Hall–Kier alpha value is -0.570. The van der Waals surface area contributed by atoms with Crippen LogP contribution in [0.25, 0.3) is 0 Å². The zero-order valence-corrected chi connectivity index (χ0v) is 7.76. The largest absolute Gasteiger partial charge is 0.275 e. The molecule has 0 bridgehead atoms. The Kier molecular flexibility index (Phi) is 4.86. The number of rotatable bonds is 4. The van der Waals surface area contributed by atoms with Gasteiger partial charge in [-0.25, -0.2) is 5.06 Å². The van der Waals surface area contributed by atoms with Gasteiger partial charge in [-0.15, -0.1) is 0 Å². The highest BCUT2D eigenvalue weighted by Crippen LogP contribution is 2.04. The molecule has 0 saturated carbocycles. The molecule has 66 valence electrons. The van der Waals surface area contributed by atoms with Gasteiger partial charge in [0.2, 0.25) is 5.91 Å². The molecule has 0 heterocycles. The maximum absolute atomic E-state index is 11.1. The van der Waals surface area contributed by atoms with Crippen LogP contribution in [0.4, 0.5) is 0 Å². The van der Waals surface area contributed by atoms with Crippen LogP contribution in [0.3, 0.4) is 0 Å². The summed E-state index contributed by atoms with van der Waals surface area (Å²) in [6.07, 6.45) is 1.49. The smallest absolute Gasteiger partial charge is 0.245 e. The first-order valence-electron chi connectivity index (χ1n) is 3.88. The average Bonchev–Trinajstić information content (AvgIpc) is 1.98. The lowest BCUT2D eigenvalue weighted by atomic mass is 10.1. The van der Waals surface area contributed by atoms with Crippen LogP contribution in [0, 0.1) is 5.92 Å². The predicted molar refractivity (Wildman–Crippen MR) is 43.9 cm³/mol. The second-order valence-corrected chi connectivity index (χ2v) is 3.01. The molecule has 0 aromatic rings. The maximum atomic E-state index is 11.1. The van der Waals surface area contributed by atoms with Crippen LogP contribution < -0.4 is 0 Å². The van der Waals surface area contributed by atoms with Gasteiger partial charge in [-0.05, 0) is 12.3 Å². The summed E-state index contributed by atoms with van der Waals surface area (Å²) in [5.74, 6) is 0.616. The van der Waals surface area contributed by atoms with Crippen molar-refractivity contribution in [3.8, 4) is 0 Å². The van der Waals surface area contributed by atoms with Crippen LogP contribution in [-0.4, -0.2) is 25.1 Å². The maximum Gasteiger partial charge on any atom is 0.245 e. The van der Waals surface area contributed by atoms with Gasteiger partial charge in [0.25, 0.3) is 0 Å². The molecule has 0 N–H and O–H groups in total. The molecule has 11 heavy (non-hydrogen) atoms. The van der Waals surface area contributed by atoms with Crippen LogP contribution in [0.5, 0.6) is 0 Å². The van der Waals surface area contributed by atoms with E-state index < -0.39 is 0 Å². The molecule has 0 rings (SSSR count). The molecule has 0 saturated heterocycles. The van der Waals surface area contributed by atoms with E-state index in [4.69, 9.17) is 4.84 Å². The van der Waals surface area contributed by atoms with Gasteiger partial charge in [0.15, 0.2) is 0 Å². The normalized spacial score (nSPS) is 10.3. The molecule has 0 aliphatic heterocycles. The number of hydrogen-bond acceptors (Lipinski definition) is 2. The van der Waals surface area contributed by atoms with E-state index in [2.05, 4.69) is 13.8 Å². The topological polar surface area (TPSA) is 29.5 Å². The van der Waals surface area contributed by atoms with E-state index >= 15 is 0 Å². The van der Waals surface area contributed by atoms with Crippen molar-refractivity contribution in [1.82, 2.24) is 5.06 Å². The SMILES string of the molecule is CON(C)C(=O)CCC(C)C. The summed E-state index contributed by atoms with van der Waals surface area (Å²) in [6, 6.07) is 0. The van der Waals surface area contributed by atoms with Gasteiger partial charge in [-0.2, -0.15) is 0 Å². The molecular formula is C8H17NO2. The molecule has 3 heteroatoms. The third kappa shape index (κ3) is 4.79. The van der Waals surface area contributed by atoms with Crippen molar-refractivity contribution in [2.75, 3.05) is 14.2 Å². The zero-order valence-electron chi connectivity index (χ0n) is 7.76. The van der Waals surface area contributed by atoms with E-state index in [1.807, 2.05) is 0 Å². The Balaban J connectivity index is 3.52. The van der Waals surface area contributed by atoms with E-state index in [1.54, 1.807) is 7.05 Å². The van der Waals surface area contributed by atoms with Crippen LogP contribution in [0.2, 0.25) is 0 Å². The first-order valence-corrected chi connectivity index (χ1v) is 3.88. The lowest BCUT2D eigenvalue weighted by molar-refractivity contribution is -0.168. The molecule has 0 aromatic carbocycles. The number of carbonyl (C=O) groups excluding carboxylic acids is 1. The van der Waals surface area contributed by atoms with Crippen molar-refractivity contribution in [2.24, 2.45) is 5.92 Å². The minimum absolute atomic E-state index is 0.0428. The number of hydrogen-bond donors (Lipinski definition) is 0. The summed E-state index contributed by atoms with van der Waals surface area (Å²) in [6.45, 7) is 4.19. The number of amides is 1. The predicted octanol–water partition coefficient (Wildman–Crippen LogP) is 1.44. The van der Waals surface area contributed by atoms with Crippen LogP contribution >= 0.6 is 0 Å². The van der Waals surface area contributed by atoms with Gasteiger partial charge in [0.05, 0.1) is 7.11 Å². The molecule has 0 atom stereocenters. The van der Waals surface area contributed by atoms with Crippen molar-refractivity contribution >= 4 is 5.91 Å². The molecule has 3 nitrogen and oxygen atoms in total. The summed E-state index contributed by atoms with van der Waals surface area (Å²) < 4.78 is 0. The molecule has 0 aromatic heterocycles. The highest BCUT2D eigenvalue weighted by atomic mass is 16.7. The Morgan fingerprint density at radius 3 is 2.45 bits per heavy atom. The Morgan fingerprint density at radius 1 is 1.55 bits per heavy atom. The summed E-state index contributed by atoms with van der Waals surface area (Å²) in [5.41, 5.74) is 0. The van der Waals surface area contributed by atoms with E-state index in [-0.39, 0.29) is 5.91 Å². The number of nitrogens with zero attached hydrogens (tertiary/aromatic N) is 1. The van der Waals surface area contributed by atoms with Crippen molar-refractivity contribution < 1.29 is 9.63 Å². The summed E-state index contributed by atoms with van der Waals surface area (Å²) in [4.78, 5) is 15.8. The fraction of sp³-hybridized carbons (Fsp3) is 0.875. The number of carbonyl (C=O) groups is 1. The lowest BCUT2D eigenvalue weighted by Gasteiger charge is -2.13. The lowest BCUT2D eigenvalue weighted by Crippen LogP contribution is -2.25. The summed E-state index contributed by atoms with van der Waals surface area (Å²) >= 11 is 0. The standard InChI is InChI=1S/C8H17NO2/c1-7(2)5-6-8(10)9(3)11-4/h7H,5-6H2,1-4H3. The van der Waals surface area contributed by atoms with E-state index in [0.717, 1.165) is 6.42 Å². The van der Waals surface area contributed by atoms with Crippen LogP contribution in [0.1, 0.15) is 26.7 Å². The third-order valence-corrected chi connectivity index (χ3v) is 1.56. The molecule has 0 radical (unpaired) electrons. The highest BCUT2D eigenvalue weighted by Gasteiger charge is 2.07. The second-order valence-electron chi connectivity index (χ2n) is 3.01. The van der Waals surface area contributed by atoms with E-state index in [0.29, 0.717) is 12.3 Å². The quantitative estimate of drug-likeness (QED) is 0.581. The summed E-state index contributed by atoms with van der Waals surface area (Å²) in [5, 5.41) is 1.27. The van der Waals surface area contributed by atoms with Gasteiger partial charge in [0.1, 0.15) is 0 Å². The van der Waals surface area contributed by atoms with Gasteiger partial charge in [0, 0.05) is 13.5 Å². The molecular weight excluding hydrogens is 142 g/mol. The minimum atomic E-state index is 0.0428. The van der Waals surface area contributed by atoms with Crippen LogP contribution in [-0.2, 0) is 9.63 Å². The Bertz CT molecular complexity index is 123. The first-order chi connectivity index (χ1) is 5.07. The van der Waals surface area contributed by atoms with Gasteiger partial charge in [-0.3, -0.25) is 9.63 Å². The molecule has 0 aliphatic rings. The van der Waals surface area contributed by atoms with Gasteiger partial charge in [-0.1, -0.05) is 13.8 Å². The van der Waals surface area contributed by atoms with Crippen molar-refractivity contribution in [2.45, 2.75) is 26.7 Å². The molecule has 0 fully saturated rings. The van der Waals surface area contributed by atoms with Crippen molar-refractivity contribution in [3.63, 3.8) is 0 Å². The average molecular weight is 159 g/mol. The van der Waals surface area contributed by atoms with E-state index in [1.165, 1.54) is 12.2 Å². The fourth-order valence-electron chi connectivity index (χ4n) is 0.671. The molecule has 0 spiro atoms. The molecule has 0 unspecified atom stereocenters. The van der Waals surface area contributed by atoms with E-state index in [9.17, 15) is 4.79 Å². The molecule has 1 amide bonds. The van der Waals surface area contributed by atoms with Gasteiger partial charge >= 0.3 is 0 Å². The van der Waals surface area contributed by atoms with Crippen LogP contribution in [0.15, 0.2) is 0 Å². The van der Waals surface area contributed by atoms with Crippen molar-refractivity contribution in [3.05, 3.63) is 0 Å². The fourth-order valence-corrected chi connectivity index (χ4v) is 0.671. The third-order valence-electron chi connectivity index (χ3n) is 1.56. The van der Waals surface area contributed by atoms with Gasteiger partial charge < -0.3 is 0 Å². The first kappa shape index (κ1) is 10.4. The second kappa shape index (κ2) is 5.13. The van der Waals surface area contributed by atoms with Crippen molar-refractivity contribution in [1.29, 1.82) is 0 Å². The minimum Gasteiger partial charge on any atom is -0.275 e. The monoisotopic (exact) mass is 159 g/mol. The number of hydroxylamine groups is 2. The summed E-state index contributed by atoms with van der Waals surface area (Å²) in [7, 11) is 3.12. The Morgan fingerprint density at radius 2 is 2.09 bits per heavy atom. The highest BCUT2D eigenvalue weighted by molar-refractivity contribution is 5.74.